The second-order valence-electron chi connectivity index (χ2n) is 9.12. The molecule has 0 aromatic heterocycles. The Morgan fingerprint density at radius 1 is 1.15 bits per heavy atom. The Morgan fingerprint density at radius 2 is 1.85 bits per heavy atom. The summed E-state index contributed by atoms with van der Waals surface area (Å²) in [4.78, 5) is 27.2. The fourth-order valence-electron chi connectivity index (χ4n) is 3.46. The molecule has 0 fully saturated rings. The number of hydrogen-bond donors (Lipinski definition) is 2. The maximum Gasteiger partial charge on any atom is 0.418 e. The van der Waals surface area contributed by atoms with E-state index in [0.29, 0.717) is 29.6 Å². The van der Waals surface area contributed by atoms with E-state index in [4.69, 9.17) is 4.74 Å². The lowest BCUT2D eigenvalue weighted by Gasteiger charge is -2.28. The molecule has 2 aromatic rings. The highest BCUT2D eigenvalue weighted by molar-refractivity contribution is 6.02. The molecular weight excluding hydrogens is 435 g/mol. The van der Waals surface area contributed by atoms with Crippen molar-refractivity contribution in [2.75, 3.05) is 28.7 Å². The lowest BCUT2D eigenvalue weighted by molar-refractivity contribution is -0.137. The lowest BCUT2D eigenvalue weighted by Crippen LogP contribution is -2.42. The number of para-hydroxylation sites is 1. The van der Waals surface area contributed by atoms with Crippen molar-refractivity contribution in [3.05, 3.63) is 48.0 Å². The summed E-state index contributed by atoms with van der Waals surface area (Å²) in [5.74, 6) is 0.771. The van der Waals surface area contributed by atoms with Gasteiger partial charge in [0, 0.05) is 18.3 Å². The van der Waals surface area contributed by atoms with Crippen molar-refractivity contribution in [2.45, 2.75) is 40.3 Å². The third-order valence-electron chi connectivity index (χ3n) is 5.33. The van der Waals surface area contributed by atoms with E-state index in [1.165, 1.54) is 18.2 Å². The van der Waals surface area contributed by atoms with Crippen LogP contribution in [-0.4, -0.2) is 25.1 Å². The van der Waals surface area contributed by atoms with Gasteiger partial charge in [0.25, 0.3) is 0 Å². The molecule has 2 N–H and O–H groups in total. The summed E-state index contributed by atoms with van der Waals surface area (Å²) in [6, 6.07) is 8.75. The summed E-state index contributed by atoms with van der Waals surface area (Å²) in [6.07, 6.45) is -3.79. The van der Waals surface area contributed by atoms with Crippen LogP contribution in [0.15, 0.2) is 42.5 Å². The number of rotatable bonds is 5. The van der Waals surface area contributed by atoms with Crippen LogP contribution < -0.4 is 20.3 Å². The number of anilines is 3. The van der Waals surface area contributed by atoms with Crippen molar-refractivity contribution in [2.24, 2.45) is 11.3 Å². The van der Waals surface area contributed by atoms with E-state index in [-0.39, 0.29) is 18.2 Å². The second-order valence-corrected chi connectivity index (χ2v) is 9.12. The zero-order chi connectivity index (χ0) is 24.4. The van der Waals surface area contributed by atoms with Gasteiger partial charge in [-0.3, -0.25) is 4.79 Å². The third-order valence-corrected chi connectivity index (χ3v) is 5.33. The monoisotopic (exact) mass is 463 g/mol. The van der Waals surface area contributed by atoms with Crippen LogP contribution in [0.1, 0.15) is 39.7 Å². The number of halogens is 3. The molecule has 3 amide bonds. The highest BCUT2D eigenvalue weighted by Gasteiger charge is 2.38. The molecule has 0 radical (unpaired) electrons. The molecule has 3 rings (SSSR count). The summed E-state index contributed by atoms with van der Waals surface area (Å²) in [5, 5.41) is 4.78. The first-order valence-electron chi connectivity index (χ1n) is 10.7. The van der Waals surface area contributed by atoms with E-state index < -0.39 is 23.2 Å². The molecule has 33 heavy (non-hydrogen) atoms. The normalized spacial score (nSPS) is 15.5. The molecule has 0 spiro atoms. The van der Waals surface area contributed by atoms with Crippen LogP contribution >= 0.6 is 0 Å². The van der Waals surface area contributed by atoms with Crippen LogP contribution in [0.2, 0.25) is 0 Å². The fourth-order valence-corrected chi connectivity index (χ4v) is 3.46. The summed E-state index contributed by atoms with van der Waals surface area (Å²) in [7, 11) is 0. The quantitative estimate of drug-likeness (QED) is 0.559. The number of carbonyl (C=O) groups excluding carboxylic acids is 2. The predicted molar refractivity (Wildman–Crippen MR) is 122 cm³/mol. The Kier molecular flexibility index (Phi) is 6.90. The van der Waals surface area contributed by atoms with Gasteiger partial charge in [0.2, 0.25) is 5.91 Å². The molecule has 2 aromatic carbocycles. The van der Waals surface area contributed by atoms with Gasteiger partial charge in [0.15, 0.2) is 0 Å². The van der Waals surface area contributed by atoms with Crippen molar-refractivity contribution in [3.8, 4) is 5.75 Å². The van der Waals surface area contributed by atoms with Crippen molar-refractivity contribution in [3.63, 3.8) is 0 Å². The predicted octanol–water partition coefficient (Wildman–Crippen LogP) is 6.15. The van der Waals surface area contributed by atoms with Crippen LogP contribution in [0.3, 0.4) is 0 Å². The number of nitrogens with zero attached hydrogens (tertiary/aromatic N) is 1. The largest absolute Gasteiger partial charge is 0.490 e. The highest BCUT2D eigenvalue weighted by atomic mass is 19.4. The van der Waals surface area contributed by atoms with Gasteiger partial charge in [0.05, 0.1) is 22.4 Å². The average Bonchev–Trinajstić information content (AvgIpc) is 2.81. The second kappa shape index (κ2) is 9.33. The molecule has 0 unspecified atom stereocenters. The molecule has 178 valence electrons. The zero-order valence-corrected chi connectivity index (χ0v) is 19.0. The number of hydrogen-bond acceptors (Lipinski definition) is 3. The third kappa shape index (κ3) is 5.77. The number of fused-ring (bicyclic) bond motifs is 1. The summed E-state index contributed by atoms with van der Waals surface area (Å²) in [6.45, 7) is 8.47. The van der Waals surface area contributed by atoms with Crippen LogP contribution in [0.4, 0.5) is 35.0 Å². The number of urea groups is 1. The number of benzene rings is 2. The van der Waals surface area contributed by atoms with Gasteiger partial charge in [0.1, 0.15) is 12.4 Å². The van der Waals surface area contributed by atoms with Crippen molar-refractivity contribution in [1.82, 2.24) is 0 Å². The Labute approximate surface area is 191 Å². The SMILES string of the molecule is CC(C)CCN1C(=O)C(C)(C)COc2cc(NC(=O)Nc3ccccc3C(F)(F)F)ccc21. The van der Waals surface area contributed by atoms with Crippen molar-refractivity contribution in [1.29, 1.82) is 0 Å². The molecular formula is C24H28F3N3O3. The molecule has 0 aliphatic carbocycles. The van der Waals surface area contributed by atoms with Gasteiger partial charge in [-0.25, -0.2) is 4.79 Å². The maximum absolute atomic E-state index is 13.2. The van der Waals surface area contributed by atoms with Gasteiger partial charge in [-0.15, -0.1) is 0 Å². The van der Waals surface area contributed by atoms with Gasteiger partial charge < -0.3 is 20.3 Å². The van der Waals surface area contributed by atoms with E-state index >= 15 is 0 Å². The summed E-state index contributed by atoms with van der Waals surface area (Å²) in [5.41, 5.74) is -1.10. The topological polar surface area (TPSA) is 70.7 Å². The first kappa shape index (κ1) is 24.4. The molecule has 9 heteroatoms. The minimum absolute atomic E-state index is 0.0518. The molecule has 1 aliphatic rings. The Hall–Kier alpha value is -3.23. The lowest BCUT2D eigenvalue weighted by atomic mass is 9.92. The van der Waals surface area contributed by atoms with Crippen molar-refractivity contribution < 1.29 is 27.5 Å². The molecule has 0 saturated carbocycles. The minimum atomic E-state index is -4.60. The average molecular weight is 464 g/mol. The van der Waals surface area contributed by atoms with E-state index in [1.807, 2.05) is 13.8 Å². The van der Waals surface area contributed by atoms with E-state index in [1.54, 1.807) is 23.1 Å². The van der Waals surface area contributed by atoms with Gasteiger partial charge >= 0.3 is 12.2 Å². The number of alkyl halides is 3. The van der Waals surface area contributed by atoms with Crippen molar-refractivity contribution >= 4 is 29.0 Å². The maximum atomic E-state index is 13.2. The summed E-state index contributed by atoms with van der Waals surface area (Å²) >= 11 is 0. The van der Waals surface area contributed by atoms with E-state index in [9.17, 15) is 22.8 Å². The fraction of sp³-hybridized carbons (Fsp3) is 0.417. The number of nitrogens with one attached hydrogen (secondary N) is 2. The standard InChI is InChI=1S/C24H28F3N3O3/c1-15(2)11-12-30-19-10-9-16(13-20(19)33-14-23(3,4)21(30)31)28-22(32)29-18-8-6-5-7-17(18)24(25,26)27/h5-10,13,15H,11-12,14H2,1-4H3,(H2,28,29,32). The molecule has 1 heterocycles. The highest BCUT2D eigenvalue weighted by Crippen LogP contribution is 2.39. The minimum Gasteiger partial charge on any atom is -0.490 e. The zero-order valence-electron chi connectivity index (χ0n) is 19.0. The molecule has 0 saturated heterocycles. The molecule has 0 bridgehead atoms. The molecule has 0 atom stereocenters. The van der Waals surface area contributed by atoms with Gasteiger partial charge in [-0.05, 0) is 50.5 Å². The Morgan fingerprint density at radius 3 is 2.52 bits per heavy atom. The van der Waals surface area contributed by atoms with E-state index in [2.05, 4.69) is 24.5 Å². The van der Waals surface area contributed by atoms with Crippen LogP contribution in [0, 0.1) is 11.3 Å². The van der Waals surface area contributed by atoms with E-state index in [0.717, 1.165) is 12.5 Å². The first-order chi connectivity index (χ1) is 15.4. The molecule has 6 nitrogen and oxygen atoms in total. The van der Waals surface area contributed by atoms with Crippen LogP contribution in [-0.2, 0) is 11.0 Å². The number of carbonyl (C=O) groups is 2. The van der Waals surface area contributed by atoms with Gasteiger partial charge in [-0.1, -0.05) is 26.0 Å². The first-order valence-corrected chi connectivity index (χ1v) is 10.7. The number of ether oxygens (including phenoxy) is 1. The smallest absolute Gasteiger partial charge is 0.418 e. The van der Waals surface area contributed by atoms with Gasteiger partial charge in [-0.2, -0.15) is 13.2 Å². The van der Waals surface area contributed by atoms with Crippen LogP contribution in [0.5, 0.6) is 5.75 Å². The summed E-state index contributed by atoms with van der Waals surface area (Å²) < 4.78 is 45.4. The molecule has 1 aliphatic heterocycles. The van der Waals surface area contributed by atoms with Crippen LogP contribution in [0.25, 0.3) is 0 Å². The Balaban J connectivity index is 1.82. The number of amides is 3. The Bertz CT molecular complexity index is 1040.